The maximum Gasteiger partial charge on any atom is 0.315 e. The van der Waals surface area contributed by atoms with Gasteiger partial charge in [0.15, 0.2) is 0 Å². The molecular weight excluding hydrogens is 525 g/mol. The number of carbonyl (C=O) groups excluding carboxylic acids is 1. The van der Waals surface area contributed by atoms with Crippen molar-refractivity contribution < 1.29 is 9.18 Å². The molecule has 0 saturated carbocycles. The summed E-state index contributed by atoms with van der Waals surface area (Å²) < 4.78 is 13.4. The maximum atomic E-state index is 13.4. The van der Waals surface area contributed by atoms with Gasteiger partial charge in [0.1, 0.15) is 5.82 Å². The number of aromatic nitrogens is 1. The molecule has 0 aliphatic heterocycles. The highest BCUT2D eigenvalue weighted by Crippen LogP contribution is 2.41. The maximum absolute atomic E-state index is 13.4. The predicted molar refractivity (Wildman–Crippen MR) is 172 cm³/mol. The summed E-state index contributed by atoms with van der Waals surface area (Å²) in [5.41, 5.74) is 4.45. The fourth-order valence-corrected chi connectivity index (χ4v) is 5.16. The van der Waals surface area contributed by atoms with Crippen LogP contribution < -0.4 is 16.0 Å². The average molecular weight is 574 g/mol. The standard InChI is InChI=1S/C35H48FN5O/c1-23(2)18-29(24-10-15-30(25(19-24)21-37)40-28-13-11-27(36)12-14-28)34(6,7)22-39-32(42)41-35(8,9)26-16-17-38-31(20-26)33(3,4)5/h10-17,19-21,23,29,37,40H,18,22H2,1-9H3,(H2,39,41,42). The topological polar surface area (TPSA) is 89.9 Å². The van der Waals surface area contributed by atoms with Crippen molar-refractivity contribution in [3.05, 3.63) is 89.0 Å². The van der Waals surface area contributed by atoms with Gasteiger partial charge in [0, 0.05) is 47.0 Å². The normalized spacial score (nSPS) is 13.0. The molecule has 0 spiro atoms. The highest BCUT2D eigenvalue weighted by molar-refractivity contribution is 5.87. The summed E-state index contributed by atoms with van der Waals surface area (Å²) >= 11 is 0. The van der Waals surface area contributed by atoms with E-state index in [0.717, 1.165) is 40.2 Å². The van der Waals surface area contributed by atoms with Crippen LogP contribution in [0.2, 0.25) is 0 Å². The van der Waals surface area contributed by atoms with Crippen molar-refractivity contribution >= 4 is 23.6 Å². The van der Waals surface area contributed by atoms with Crippen molar-refractivity contribution in [1.82, 2.24) is 15.6 Å². The Morgan fingerprint density at radius 2 is 1.64 bits per heavy atom. The van der Waals surface area contributed by atoms with Crippen LogP contribution in [0.25, 0.3) is 0 Å². The molecule has 0 fully saturated rings. The summed E-state index contributed by atoms with van der Waals surface area (Å²) in [6, 6.07) is 16.1. The van der Waals surface area contributed by atoms with Gasteiger partial charge in [-0.1, -0.05) is 54.5 Å². The van der Waals surface area contributed by atoms with Crippen LogP contribution in [0.5, 0.6) is 0 Å². The Kier molecular flexibility index (Phi) is 10.2. The second-order valence-electron chi connectivity index (χ2n) is 13.9. The molecule has 6 nitrogen and oxygen atoms in total. The Hall–Kier alpha value is -3.74. The summed E-state index contributed by atoms with van der Waals surface area (Å²) in [6.07, 6.45) is 4.07. The van der Waals surface area contributed by atoms with Crippen LogP contribution in [-0.4, -0.2) is 23.8 Å². The lowest BCUT2D eigenvalue weighted by molar-refractivity contribution is 0.210. The molecule has 1 unspecified atom stereocenters. The number of pyridine rings is 1. The fraction of sp³-hybridized carbons (Fsp3) is 0.457. The van der Waals surface area contributed by atoms with Gasteiger partial charge in [-0.2, -0.15) is 0 Å². The molecule has 7 heteroatoms. The number of anilines is 2. The average Bonchev–Trinajstić information content (AvgIpc) is 2.91. The molecule has 0 aliphatic rings. The Balaban J connectivity index is 1.77. The number of halogens is 1. The fourth-order valence-electron chi connectivity index (χ4n) is 5.16. The van der Waals surface area contributed by atoms with Crippen molar-refractivity contribution in [2.45, 2.75) is 85.6 Å². The predicted octanol–water partition coefficient (Wildman–Crippen LogP) is 8.65. The van der Waals surface area contributed by atoms with Crippen LogP contribution in [0.3, 0.4) is 0 Å². The summed E-state index contributed by atoms with van der Waals surface area (Å²) in [4.78, 5) is 17.7. The molecule has 0 bridgehead atoms. The molecule has 1 aromatic heterocycles. The van der Waals surface area contributed by atoms with Gasteiger partial charge in [-0.05, 0) is 97.2 Å². The molecule has 2 amide bonds. The van der Waals surface area contributed by atoms with E-state index in [9.17, 15) is 9.18 Å². The highest BCUT2D eigenvalue weighted by atomic mass is 19.1. The number of rotatable bonds is 11. The molecule has 1 heterocycles. The third-order valence-corrected chi connectivity index (χ3v) is 7.79. The van der Waals surface area contributed by atoms with E-state index in [1.807, 2.05) is 32.0 Å². The third kappa shape index (κ3) is 8.63. The van der Waals surface area contributed by atoms with Gasteiger partial charge < -0.3 is 21.4 Å². The molecule has 3 aromatic rings. The first-order chi connectivity index (χ1) is 19.5. The minimum atomic E-state index is -0.583. The number of nitrogens with zero attached hydrogens (tertiary/aromatic N) is 1. The van der Waals surface area contributed by atoms with Crippen LogP contribution in [-0.2, 0) is 11.0 Å². The van der Waals surface area contributed by atoms with Gasteiger partial charge >= 0.3 is 6.03 Å². The number of urea groups is 1. The zero-order chi connectivity index (χ0) is 31.3. The van der Waals surface area contributed by atoms with Crippen molar-refractivity contribution in [2.75, 3.05) is 11.9 Å². The smallest absolute Gasteiger partial charge is 0.315 e. The van der Waals surface area contributed by atoms with Gasteiger partial charge in [-0.15, -0.1) is 0 Å². The monoisotopic (exact) mass is 573 g/mol. The van der Waals surface area contributed by atoms with E-state index in [2.05, 4.69) is 81.5 Å². The number of nitrogens with one attached hydrogen (secondary N) is 4. The van der Waals surface area contributed by atoms with E-state index in [1.54, 1.807) is 18.3 Å². The lowest BCUT2D eigenvalue weighted by Gasteiger charge is -2.37. The Labute approximate surface area is 251 Å². The molecule has 226 valence electrons. The molecule has 2 aromatic carbocycles. The Morgan fingerprint density at radius 1 is 0.976 bits per heavy atom. The van der Waals surface area contributed by atoms with E-state index < -0.39 is 5.54 Å². The number of hydrogen-bond acceptors (Lipinski definition) is 4. The van der Waals surface area contributed by atoms with Crippen molar-refractivity contribution in [3.63, 3.8) is 0 Å². The summed E-state index contributed by atoms with van der Waals surface area (Å²) in [7, 11) is 0. The van der Waals surface area contributed by atoms with E-state index >= 15 is 0 Å². The van der Waals surface area contributed by atoms with E-state index in [1.165, 1.54) is 18.3 Å². The summed E-state index contributed by atoms with van der Waals surface area (Å²) in [5, 5.41) is 17.7. The van der Waals surface area contributed by atoms with Crippen LogP contribution in [0.15, 0.2) is 60.8 Å². The number of benzene rings is 2. The lowest BCUT2D eigenvalue weighted by atomic mass is 9.71. The molecule has 1 atom stereocenters. The molecule has 3 rings (SSSR count). The van der Waals surface area contributed by atoms with Crippen molar-refractivity contribution in [1.29, 1.82) is 5.41 Å². The van der Waals surface area contributed by atoms with Crippen molar-refractivity contribution in [2.24, 2.45) is 11.3 Å². The van der Waals surface area contributed by atoms with Gasteiger partial charge in [-0.25, -0.2) is 9.18 Å². The van der Waals surface area contributed by atoms with Gasteiger partial charge in [0.2, 0.25) is 0 Å². The third-order valence-electron chi connectivity index (χ3n) is 7.79. The quantitative estimate of drug-likeness (QED) is 0.173. The van der Waals surface area contributed by atoms with E-state index in [-0.39, 0.29) is 28.6 Å². The number of hydrogen-bond donors (Lipinski definition) is 4. The first-order valence-electron chi connectivity index (χ1n) is 14.7. The van der Waals surface area contributed by atoms with Gasteiger partial charge in [-0.3, -0.25) is 4.98 Å². The zero-order valence-corrected chi connectivity index (χ0v) is 26.7. The highest BCUT2D eigenvalue weighted by Gasteiger charge is 2.33. The van der Waals surface area contributed by atoms with Crippen LogP contribution in [0, 0.1) is 22.6 Å². The largest absolute Gasteiger partial charge is 0.355 e. The first-order valence-corrected chi connectivity index (χ1v) is 14.7. The molecule has 4 N–H and O–H groups in total. The Morgan fingerprint density at radius 3 is 2.24 bits per heavy atom. The first kappa shape index (κ1) is 32.8. The van der Waals surface area contributed by atoms with Gasteiger partial charge in [0.25, 0.3) is 0 Å². The minimum Gasteiger partial charge on any atom is -0.355 e. The zero-order valence-electron chi connectivity index (χ0n) is 26.7. The second kappa shape index (κ2) is 13.1. The molecule has 42 heavy (non-hydrogen) atoms. The Bertz CT molecular complexity index is 1370. The number of amides is 2. The number of carbonyl (C=O) groups is 1. The molecule has 0 aliphatic carbocycles. The summed E-state index contributed by atoms with van der Waals surface area (Å²) in [5.74, 6) is 0.282. The van der Waals surface area contributed by atoms with Crippen LogP contribution >= 0.6 is 0 Å². The van der Waals surface area contributed by atoms with Crippen LogP contribution in [0.4, 0.5) is 20.6 Å². The molecular formula is C35H48FN5O. The SMILES string of the molecule is CC(C)CC(c1ccc(Nc2ccc(F)cc2)c(C=N)c1)C(C)(C)CNC(=O)NC(C)(C)c1ccnc(C(C)(C)C)c1. The minimum absolute atomic E-state index is 0.0867. The van der Waals surface area contributed by atoms with Crippen molar-refractivity contribution in [3.8, 4) is 0 Å². The van der Waals surface area contributed by atoms with E-state index in [4.69, 9.17) is 5.41 Å². The van der Waals surface area contributed by atoms with Crippen LogP contribution in [0.1, 0.15) is 97.0 Å². The molecule has 0 radical (unpaired) electrons. The van der Waals surface area contributed by atoms with E-state index in [0.29, 0.717) is 12.5 Å². The second-order valence-corrected chi connectivity index (χ2v) is 13.9. The van der Waals surface area contributed by atoms with Gasteiger partial charge in [0.05, 0.1) is 5.54 Å². The summed E-state index contributed by atoms with van der Waals surface area (Å²) in [6.45, 7) is 19.6. The molecule has 0 saturated heterocycles. The lowest BCUT2D eigenvalue weighted by Crippen LogP contribution is -2.49.